The summed E-state index contributed by atoms with van der Waals surface area (Å²) in [4.78, 5) is 36.0. The molecule has 0 bridgehead atoms. The Bertz CT molecular complexity index is 1560. The number of ether oxygens (including phenoxy) is 4. The molecule has 0 radical (unpaired) electrons. The quantitative estimate of drug-likeness (QED) is 0.201. The maximum atomic E-state index is 12.2. The van der Waals surface area contributed by atoms with Crippen LogP contribution in [0.25, 0.3) is 22.0 Å². The van der Waals surface area contributed by atoms with Gasteiger partial charge in [-0.2, -0.15) is 0 Å². The van der Waals surface area contributed by atoms with Crippen LogP contribution in [0.15, 0.2) is 79.0 Å². The van der Waals surface area contributed by atoms with Crippen molar-refractivity contribution in [3.8, 4) is 11.1 Å². The van der Waals surface area contributed by atoms with Crippen LogP contribution in [0.3, 0.4) is 0 Å². The summed E-state index contributed by atoms with van der Waals surface area (Å²) >= 11 is 6.72. The number of nitrogens with zero attached hydrogens (tertiary/aromatic N) is 1. The first-order chi connectivity index (χ1) is 19.7. The first-order valence-corrected chi connectivity index (χ1v) is 13.6. The zero-order chi connectivity index (χ0) is 29.1. The molecule has 8 nitrogen and oxygen atoms in total. The summed E-state index contributed by atoms with van der Waals surface area (Å²) in [7, 11) is 0. The van der Waals surface area contributed by atoms with Crippen molar-refractivity contribution >= 4 is 40.4 Å². The predicted molar refractivity (Wildman–Crippen MR) is 153 cm³/mol. The molecule has 1 saturated heterocycles. The van der Waals surface area contributed by atoms with E-state index in [9.17, 15) is 14.4 Å². The van der Waals surface area contributed by atoms with Gasteiger partial charge in [-0.25, -0.2) is 0 Å². The fourth-order valence-electron chi connectivity index (χ4n) is 5.32. The zero-order valence-corrected chi connectivity index (χ0v) is 23.7. The Morgan fingerprint density at radius 2 is 1.44 bits per heavy atom. The van der Waals surface area contributed by atoms with Gasteiger partial charge in [0, 0.05) is 32.4 Å². The number of rotatable bonds is 7. The molecule has 0 aliphatic carbocycles. The molecule has 0 amide bonds. The number of esters is 3. The summed E-state index contributed by atoms with van der Waals surface area (Å²) in [5.74, 6) is -1.78. The number of carbonyl (C=O) groups excluding carboxylic acids is 3. The summed E-state index contributed by atoms with van der Waals surface area (Å²) in [6.45, 7) is 3.67. The van der Waals surface area contributed by atoms with Gasteiger partial charge in [-0.05, 0) is 40.8 Å². The largest absolute Gasteiger partial charge is 0.456 e. The third-order valence-electron chi connectivity index (χ3n) is 6.94. The summed E-state index contributed by atoms with van der Waals surface area (Å²) in [6.07, 6.45) is -1.52. The van der Waals surface area contributed by atoms with Crippen LogP contribution >= 0.6 is 11.6 Å². The van der Waals surface area contributed by atoms with Gasteiger partial charge in [0.25, 0.3) is 0 Å². The molecule has 1 aromatic heterocycles. The molecule has 4 aromatic rings. The minimum Gasteiger partial charge on any atom is -0.456 e. The Hall–Kier alpha value is -4.14. The van der Waals surface area contributed by atoms with Gasteiger partial charge in [-0.15, -0.1) is 0 Å². The van der Waals surface area contributed by atoms with Crippen molar-refractivity contribution in [1.82, 2.24) is 4.57 Å². The van der Waals surface area contributed by atoms with E-state index in [0.29, 0.717) is 11.4 Å². The molecule has 2 heterocycles. The Labute approximate surface area is 242 Å². The molecule has 5 rings (SSSR count). The van der Waals surface area contributed by atoms with Gasteiger partial charge in [0.1, 0.15) is 0 Å². The molecule has 212 valence electrons. The fraction of sp³-hybridized carbons (Fsp3) is 0.281. The number of benzene rings is 3. The van der Waals surface area contributed by atoms with E-state index in [1.54, 1.807) is 0 Å². The van der Waals surface area contributed by atoms with Crippen molar-refractivity contribution in [1.29, 1.82) is 0 Å². The van der Waals surface area contributed by atoms with Gasteiger partial charge in [0.2, 0.25) is 0 Å². The highest BCUT2D eigenvalue weighted by Gasteiger charge is 2.48. The molecule has 0 saturated carbocycles. The molecule has 0 N–H and O–H groups in total. The van der Waals surface area contributed by atoms with Crippen LogP contribution in [0.1, 0.15) is 38.1 Å². The van der Waals surface area contributed by atoms with Crippen LogP contribution in [0, 0.1) is 0 Å². The third-order valence-corrected chi connectivity index (χ3v) is 7.25. The highest BCUT2D eigenvalue weighted by Crippen LogP contribution is 2.37. The van der Waals surface area contributed by atoms with Crippen LogP contribution < -0.4 is 0 Å². The maximum Gasteiger partial charge on any atom is 0.303 e. The van der Waals surface area contributed by atoms with Crippen molar-refractivity contribution in [3.05, 3.63) is 95.1 Å². The molecular weight excluding hydrogens is 546 g/mol. The average molecular weight is 576 g/mol. The highest BCUT2D eigenvalue weighted by molar-refractivity contribution is 6.35. The van der Waals surface area contributed by atoms with E-state index in [1.807, 2.05) is 47.2 Å². The highest BCUT2D eigenvalue weighted by atomic mass is 35.5. The molecule has 1 aliphatic heterocycles. The normalized spacial score (nSPS) is 20.4. The number of halogens is 1. The molecular formula is C32H30ClNO7. The summed E-state index contributed by atoms with van der Waals surface area (Å²) in [5, 5.41) is 1.39. The van der Waals surface area contributed by atoms with Crippen LogP contribution in [0.5, 0.6) is 0 Å². The molecule has 1 fully saturated rings. The molecule has 3 aromatic carbocycles. The van der Waals surface area contributed by atoms with Crippen LogP contribution in [0.4, 0.5) is 0 Å². The second-order valence-electron chi connectivity index (χ2n) is 9.96. The van der Waals surface area contributed by atoms with Gasteiger partial charge in [-0.1, -0.05) is 72.3 Å². The lowest BCUT2D eigenvalue weighted by molar-refractivity contribution is -0.239. The van der Waals surface area contributed by atoms with Crippen molar-refractivity contribution in [2.75, 3.05) is 6.61 Å². The van der Waals surface area contributed by atoms with Crippen molar-refractivity contribution in [2.45, 2.75) is 51.7 Å². The first-order valence-electron chi connectivity index (χ1n) is 13.3. The van der Waals surface area contributed by atoms with Crippen LogP contribution in [-0.4, -0.2) is 47.4 Å². The smallest absolute Gasteiger partial charge is 0.303 e. The van der Waals surface area contributed by atoms with E-state index in [1.165, 1.54) is 20.8 Å². The number of hydrogen-bond acceptors (Lipinski definition) is 7. The summed E-state index contributed by atoms with van der Waals surface area (Å²) < 4.78 is 24.6. The molecule has 0 spiro atoms. The molecule has 4 atom stereocenters. The molecule has 1 aliphatic rings. The minimum atomic E-state index is -1.10. The number of aromatic nitrogens is 1. The topological polar surface area (TPSA) is 93.1 Å². The van der Waals surface area contributed by atoms with Crippen molar-refractivity contribution in [2.24, 2.45) is 0 Å². The van der Waals surface area contributed by atoms with Gasteiger partial charge in [-0.3, -0.25) is 14.4 Å². The van der Waals surface area contributed by atoms with Gasteiger partial charge in [0.05, 0.1) is 17.1 Å². The monoisotopic (exact) mass is 575 g/mol. The molecule has 41 heavy (non-hydrogen) atoms. The van der Waals surface area contributed by atoms with Crippen LogP contribution in [-0.2, 0) is 39.8 Å². The third kappa shape index (κ3) is 6.29. The van der Waals surface area contributed by atoms with Gasteiger partial charge >= 0.3 is 17.9 Å². The SMILES string of the molecule is CC(=O)O[C@@H]1[C@@H](OC(C)=O)[C@H](OC(C)=O)CO[C@H]1n1cc(Cc2ccc(-c3ccccc3)cc2)c2c(Cl)cccc21. The number of fused-ring (bicyclic) bond motifs is 1. The number of hydrogen-bond donors (Lipinski definition) is 0. The van der Waals surface area contributed by atoms with Gasteiger partial charge in [0.15, 0.2) is 24.5 Å². The molecule has 0 unspecified atom stereocenters. The second kappa shape index (κ2) is 12.2. The Morgan fingerprint density at radius 3 is 2.10 bits per heavy atom. The predicted octanol–water partition coefficient (Wildman–Crippen LogP) is 5.88. The number of carbonyl (C=O) groups is 3. The Kier molecular flexibility index (Phi) is 8.42. The lowest BCUT2D eigenvalue weighted by Crippen LogP contribution is -2.55. The summed E-state index contributed by atoms with van der Waals surface area (Å²) in [5.41, 5.74) is 5.03. The molecule has 9 heteroatoms. The Morgan fingerprint density at radius 1 is 0.805 bits per heavy atom. The Balaban J connectivity index is 1.53. The fourth-order valence-corrected chi connectivity index (χ4v) is 5.61. The van der Waals surface area contributed by atoms with E-state index < -0.39 is 42.4 Å². The van der Waals surface area contributed by atoms with E-state index in [-0.39, 0.29) is 6.61 Å². The first kappa shape index (κ1) is 28.4. The van der Waals surface area contributed by atoms with Crippen molar-refractivity contribution < 1.29 is 33.3 Å². The summed E-state index contributed by atoms with van der Waals surface area (Å²) in [6, 6.07) is 24.0. The minimum absolute atomic E-state index is 0.0729. The van der Waals surface area contributed by atoms with E-state index >= 15 is 0 Å². The lowest BCUT2D eigenvalue weighted by atomic mass is 10.00. The van der Waals surface area contributed by atoms with Gasteiger partial charge < -0.3 is 23.5 Å². The average Bonchev–Trinajstić information content (AvgIpc) is 3.30. The van der Waals surface area contributed by atoms with Crippen LogP contribution in [0.2, 0.25) is 5.02 Å². The zero-order valence-electron chi connectivity index (χ0n) is 22.9. The maximum absolute atomic E-state index is 12.2. The standard InChI is InChI=1S/C32H30ClNO7/c1-19(35)39-28-18-38-32(31(41-21(3)37)30(28)40-20(2)36)34-17-25(29-26(33)10-7-11-27(29)34)16-22-12-14-24(15-13-22)23-8-5-4-6-9-23/h4-15,17,28,30-32H,16,18H2,1-3H3/t28-,30+,31-,32-/m1/s1. The second-order valence-corrected chi connectivity index (χ2v) is 10.4. The van der Waals surface area contributed by atoms with Crippen molar-refractivity contribution in [3.63, 3.8) is 0 Å². The van der Waals surface area contributed by atoms with E-state index in [0.717, 1.165) is 33.2 Å². The lowest BCUT2D eigenvalue weighted by Gasteiger charge is -2.41. The van der Waals surface area contributed by atoms with E-state index in [4.69, 9.17) is 30.5 Å². The van der Waals surface area contributed by atoms with E-state index in [2.05, 4.69) is 36.4 Å².